The number of nitrogens with two attached hydrogens (primary N) is 1. The number of pyridine rings is 1. The van der Waals surface area contributed by atoms with Crippen LogP contribution in [-0.4, -0.2) is 31.4 Å². The van der Waals surface area contributed by atoms with E-state index >= 15 is 0 Å². The van der Waals surface area contributed by atoms with E-state index in [1.807, 2.05) is 6.92 Å². The first-order chi connectivity index (χ1) is 17.3. The molecule has 0 fully saturated rings. The smallest absolute Gasteiger partial charge is 0.433 e. The molecule has 3 rings (SSSR count). The molecule has 0 amide bonds. The van der Waals surface area contributed by atoms with Crippen LogP contribution < -0.4 is 21.8 Å². The van der Waals surface area contributed by atoms with Crippen molar-refractivity contribution in [1.82, 2.24) is 14.2 Å². The molecule has 15 heteroatoms. The number of ether oxygens (including phenoxy) is 1. The van der Waals surface area contributed by atoms with E-state index < -0.39 is 46.7 Å². The zero-order chi connectivity index (χ0) is 27.5. The number of hydrogen-bond donors (Lipinski definition) is 2. The van der Waals surface area contributed by atoms with Gasteiger partial charge in [-0.05, 0) is 37.1 Å². The molecule has 1 unspecified atom stereocenters. The first-order valence-corrected chi connectivity index (χ1v) is 11.8. The Morgan fingerprint density at radius 2 is 1.97 bits per heavy atom. The van der Waals surface area contributed by atoms with Gasteiger partial charge in [0.1, 0.15) is 5.82 Å². The van der Waals surface area contributed by atoms with E-state index in [0.29, 0.717) is 6.42 Å². The van der Waals surface area contributed by atoms with Crippen molar-refractivity contribution < 1.29 is 32.2 Å². The molecule has 9 nitrogen and oxygen atoms in total. The summed E-state index contributed by atoms with van der Waals surface area (Å²) in [6.07, 6.45) is -3.40. The molecule has 0 bridgehead atoms. The first kappa shape index (κ1) is 28.1. The highest BCUT2D eigenvalue weighted by atomic mass is 35.5. The second-order valence-corrected chi connectivity index (χ2v) is 9.07. The molecule has 1 atom stereocenters. The number of aliphatic carboxylic acids is 1. The molecule has 2 aromatic heterocycles. The van der Waals surface area contributed by atoms with E-state index in [9.17, 15) is 37.1 Å². The van der Waals surface area contributed by atoms with Gasteiger partial charge >= 0.3 is 17.8 Å². The van der Waals surface area contributed by atoms with Gasteiger partial charge in [-0.3, -0.25) is 4.79 Å². The van der Waals surface area contributed by atoms with Crippen LogP contribution in [0.25, 0.3) is 5.69 Å². The Bertz CT molecular complexity index is 1440. The quantitative estimate of drug-likeness (QED) is 0.295. The van der Waals surface area contributed by atoms with E-state index in [0.717, 1.165) is 30.3 Å². The SMILES string of the molecule is CCCCC(Oc1ncccc1Sc1cc(-n2c(=O)cc(C(F)(F)F)n(N)c2=O)c(F)cc1Cl)C(=O)O. The molecule has 0 spiro atoms. The van der Waals surface area contributed by atoms with Gasteiger partial charge in [-0.25, -0.2) is 28.2 Å². The zero-order valence-corrected chi connectivity index (χ0v) is 20.5. The van der Waals surface area contributed by atoms with Crippen LogP contribution in [0, 0.1) is 5.82 Å². The number of carboxylic acids is 1. The summed E-state index contributed by atoms with van der Waals surface area (Å²) >= 11 is 7.00. The third-order valence-electron chi connectivity index (χ3n) is 4.98. The summed E-state index contributed by atoms with van der Waals surface area (Å²) in [5, 5.41) is 9.28. The maximum absolute atomic E-state index is 14.8. The minimum absolute atomic E-state index is 0.0612. The summed E-state index contributed by atoms with van der Waals surface area (Å²) in [6, 6.07) is 4.84. The number of hydrogen-bond acceptors (Lipinski definition) is 7. The molecule has 198 valence electrons. The van der Waals surface area contributed by atoms with Gasteiger partial charge in [0.15, 0.2) is 11.8 Å². The number of aromatic nitrogens is 3. The Hall–Kier alpha value is -3.52. The lowest BCUT2D eigenvalue weighted by molar-refractivity contribution is -0.145. The fourth-order valence-corrected chi connectivity index (χ4v) is 4.35. The second kappa shape index (κ2) is 11.3. The van der Waals surface area contributed by atoms with Gasteiger partial charge in [-0.15, -0.1) is 0 Å². The molecular weight excluding hydrogens is 544 g/mol. The van der Waals surface area contributed by atoms with Crippen molar-refractivity contribution in [2.24, 2.45) is 0 Å². The first-order valence-electron chi connectivity index (χ1n) is 10.6. The topological polar surface area (TPSA) is 129 Å². The van der Waals surface area contributed by atoms with Crippen molar-refractivity contribution in [3.63, 3.8) is 0 Å². The highest BCUT2D eigenvalue weighted by Gasteiger charge is 2.36. The second-order valence-electron chi connectivity index (χ2n) is 7.58. The maximum Gasteiger partial charge on any atom is 0.433 e. The van der Waals surface area contributed by atoms with Crippen molar-refractivity contribution in [3.8, 4) is 11.6 Å². The summed E-state index contributed by atoms with van der Waals surface area (Å²) in [6.45, 7) is 1.89. The van der Waals surface area contributed by atoms with Gasteiger partial charge in [0, 0.05) is 17.2 Å². The minimum Gasteiger partial charge on any atom is -0.479 e. The van der Waals surface area contributed by atoms with E-state index in [1.165, 1.54) is 18.3 Å². The monoisotopic (exact) mass is 562 g/mol. The van der Waals surface area contributed by atoms with Gasteiger partial charge in [0.25, 0.3) is 5.56 Å². The number of carboxylic acid groups (broad SMARTS) is 1. The van der Waals surface area contributed by atoms with Crippen LogP contribution >= 0.6 is 23.4 Å². The molecule has 37 heavy (non-hydrogen) atoms. The van der Waals surface area contributed by atoms with Gasteiger partial charge in [-0.2, -0.15) is 13.2 Å². The fraction of sp³-hybridized carbons (Fsp3) is 0.273. The molecule has 0 saturated heterocycles. The molecule has 0 radical (unpaired) electrons. The van der Waals surface area contributed by atoms with Crippen LogP contribution in [0.5, 0.6) is 5.88 Å². The Balaban J connectivity index is 2.07. The summed E-state index contributed by atoms with van der Waals surface area (Å²) in [4.78, 5) is 40.9. The molecule has 2 heterocycles. The minimum atomic E-state index is -5.10. The molecular formula is C22H19ClF4N4O5S. The number of carbonyl (C=O) groups is 1. The Labute approximate surface area is 215 Å². The van der Waals surface area contributed by atoms with Gasteiger partial charge in [0.05, 0.1) is 15.6 Å². The number of nitrogen functional groups attached to an aromatic ring is 1. The summed E-state index contributed by atoms with van der Waals surface area (Å²) in [7, 11) is 0. The maximum atomic E-state index is 14.8. The number of rotatable bonds is 9. The van der Waals surface area contributed by atoms with Crippen molar-refractivity contribution >= 4 is 29.3 Å². The average Bonchev–Trinajstić information content (AvgIpc) is 2.81. The van der Waals surface area contributed by atoms with Crippen molar-refractivity contribution in [1.29, 1.82) is 0 Å². The van der Waals surface area contributed by atoms with Crippen LogP contribution in [-0.2, 0) is 11.0 Å². The highest BCUT2D eigenvalue weighted by Crippen LogP contribution is 2.39. The van der Waals surface area contributed by atoms with Crippen molar-refractivity contribution in [2.45, 2.75) is 48.3 Å². The Morgan fingerprint density at radius 1 is 1.27 bits per heavy atom. The van der Waals surface area contributed by atoms with E-state index in [4.69, 9.17) is 22.2 Å². The summed E-state index contributed by atoms with van der Waals surface area (Å²) in [5.74, 6) is 2.80. The van der Waals surface area contributed by atoms with Crippen LogP contribution in [0.15, 0.2) is 55.9 Å². The molecule has 3 aromatic rings. The summed E-state index contributed by atoms with van der Waals surface area (Å²) < 4.78 is 59.5. The molecule has 0 saturated carbocycles. The van der Waals surface area contributed by atoms with Gasteiger partial charge < -0.3 is 15.7 Å². The Morgan fingerprint density at radius 3 is 2.59 bits per heavy atom. The van der Waals surface area contributed by atoms with Crippen LogP contribution in [0.4, 0.5) is 17.6 Å². The zero-order valence-electron chi connectivity index (χ0n) is 19.0. The van der Waals surface area contributed by atoms with E-state index in [1.54, 1.807) is 0 Å². The largest absolute Gasteiger partial charge is 0.479 e. The standard InChI is InChI=1S/C22H19ClF4N4O5S/c1-2-3-5-14(20(33)34)36-19-15(6-4-7-29-19)37-16-9-13(12(24)8-11(16)23)30-18(32)10-17(22(25,26)27)31(28)21(30)35/h4,6-10,14H,2-3,5,28H2,1H3,(H,33,34). The number of benzene rings is 1. The third-order valence-corrected chi connectivity index (χ3v) is 6.49. The number of alkyl halides is 3. The van der Waals surface area contributed by atoms with Crippen LogP contribution in [0.2, 0.25) is 5.02 Å². The van der Waals surface area contributed by atoms with E-state index in [2.05, 4.69) is 4.98 Å². The average molecular weight is 563 g/mol. The molecule has 0 aliphatic heterocycles. The predicted octanol–water partition coefficient (Wildman–Crippen LogP) is 4.09. The third kappa shape index (κ3) is 6.25. The number of unbranched alkanes of at least 4 members (excludes halogenated alkanes) is 1. The highest BCUT2D eigenvalue weighted by molar-refractivity contribution is 7.99. The molecule has 1 aromatic carbocycles. The lowest BCUT2D eigenvalue weighted by Crippen LogP contribution is -2.45. The van der Waals surface area contributed by atoms with Crippen LogP contribution in [0.3, 0.4) is 0 Å². The predicted molar refractivity (Wildman–Crippen MR) is 126 cm³/mol. The van der Waals surface area contributed by atoms with Crippen molar-refractivity contribution in [2.75, 3.05) is 5.84 Å². The number of nitrogens with zero attached hydrogens (tertiary/aromatic N) is 3. The normalized spacial score (nSPS) is 12.4. The summed E-state index contributed by atoms with van der Waals surface area (Å²) in [5.41, 5.74) is -5.52. The molecule has 0 aliphatic rings. The molecule has 0 aliphatic carbocycles. The van der Waals surface area contributed by atoms with E-state index in [-0.39, 0.29) is 42.4 Å². The number of halogens is 5. The van der Waals surface area contributed by atoms with Gasteiger partial charge in [0.2, 0.25) is 5.88 Å². The van der Waals surface area contributed by atoms with Crippen molar-refractivity contribution in [3.05, 3.63) is 73.9 Å². The van der Waals surface area contributed by atoms with Crippen LogP contribution in [0.1, 0.15) is 31.9 Å². The molecule has 3 N–H and O–H groups in total. The lowest BCUT2D eigenvalue weighted by Gasteiger charge is -2.17. The lowest BCUT2D eigenvalue weighted by atomic mass is 10.1. The van der Waals surface area contributed by atoms with Gasteiger partial charge in [-0.1, -0.05) is 36.7 Å². The Kier molecular flexibility index (Phi) is 8.53. The fourth-order valence-electron chi connectivity index (χ4n) is 3.18.